The zero-order valence-corrected chi connectivity index (χ0v) is 16.1. The van der Waals surface area contributed by atoms with Crippen LogP contribution in [0.1, 0.15) is 43.0 Å². The van der Waals surface area contributed by atoms with Crippen molar-refractivity contribution in [3.05, 3.63) is 47.1 Å². The van der Waals surface area contributed by atoms with Crippen molar-refractivity contribution in [2.45, 2.75) is 38.7 Å². The molecule has 1 fully saturated rings. The van der Waals surface area contributed by atoms with E-state index in [0.717, 1.165) is 55.6 Å². The number of hydrogen-bond acceptors (Lipinski definition) is 5. The molecule has 0 atom stereocenters. The first-order valence-corrected chi connectivity index (χ1v) is 9.64. The van der Waals surface area contributed by atoms with Crippen LogP contribution >= 0.6 is 11.6 Å². The third kappa shape index (κ3) is 4.86. The molecule has 1 aliphatic heterocycles. The number of nitrogens with zero attached hydrogens (tertiary/aromatic N) is 2. The number of halogens is 1. The summed E-state index contributed by atoms with van der Waals surface area (Å²) in [5.41, 5.74) is 2.35. The molecule has 0 bridgehead atoms. The van der Waals surface area contributed by atoms with E-state index in [1.54, 1.807) is 12.1 Å². The lowest BCUT2D eigenvalue weighted by Gasteiger charge is -2.32. The number of pyridine rings is 1. The Bertz CT molecular complexity index is 800. The van der Waals surface area contributed by atoms with Crippen LogP contribution < -0.4 is 4.90 Å². The van der Waals surface area contributed by atoms with Crippen molar-refractivity contribution in [3.8, 4) is 11.1 Å². The predicted molar refractivity (Wildman–Crippen MR) is 106 cm³/mol. The van der Waals surface area contributed by atoms with E-state index >= 15 is 0 Å². The standard InChI is InChI=1S/C21H23ClN2O3/c1-2-3-21(26)27-18-8-10-24(11-9-18)20-7-6-16(13-23-20)15-4-5-17(14-25)19(22)12-15/h4-7,12-14,18H,2-3,8-11H2,1H3. The molecular weight excluding hydrogens is 364 g/mol. The van der Waals surface area contributed by atoms with Gasteiger partial charge in [-0.3, -0.25) is 9.59 Å². The summed E-state index contributed by atoms with van der Waals surface area (Å²) in [6, 6.07) is 9.34. The van der Waals surface area contributed by atoms with Crippen molar-refractivity contribution in [3.63, 3.8) is 0 Å². The molecule has 5 nitrogen and oxygen atoms in total. The minimum atomic E-state index is -0.0994. The van der Waals surface area contributed by atoms with Crippen LogP contribution in [0.25, 0.3) is 11.1 Å². The van der Waals surface area contributed by atoms with Gasteiger partial charge in [0, 0.05) is 49.7 Å². The van der Waals surface area contributed by atoms with Crippen molar-refractivity contribution < 1.29 is 14.3 Å². The second-order valence-corrected chi connectivity index (χ2v) is 7.09. The van der Waals surface area contributed by atoms with Crippen LogP contribution in [0, 0.1) is 0 Å². The highest BCUT2D eigenvalue weighted by Gasteiger charge is 2.22. The average Bonchev–Trinajstić information content (AvgIpc) is 2.69. The van der Waals surface area contributed by atoms with Gasteiger partial charge < -0.3 is 9.64 Å². The average molecular weight is 387 g/mol. The number of anilines is 1. The zero-order valence-electron chi connectivity index (χ0n) is 15.4. The summed E-state index contributed by atoms with van der Waals surface area (Å²) < 4.78 is 5.50. The van der Waals surface area contributed by atoms with Gasteiger partial charge in [-0.25, -0.2) is 4.98 Å². The van der Waals surface area contributed by atoms with Gasteiger partial charge >= 0.3 is 5.97 Å². The quantitative estimate of drug-likeness (QED) is 0.539. The lowest BCUT2D eigenvalue weighted by molar-refractivity contribution is -0.150. The first-order chi connectivity index (χ1) is 13.1. The van der Waals surface area contributed by atoms with E-state index in [2.05, 4.69) is 9.88 Å². The van der Waals surface area contributed by atoms with E-state index in [0.29, 0.717) is 17.0 Å². The fraction of sp³-hybridized carbons (Fsp3) is 0.381. The number of esters is 1. The van der Waals surface area contributed by atoms with Crippen molar-refractivity contribution in [2.24, 2.45) is 0 Å². The van der Waals surface area contributed by atoms with Crippen LogP contribution in [0.4, 0.5) is 5.82 Å². The van der Waals surface area contributed by atoms with E-state index in [1.165, 1.54) is 0 Å². The Morgan fingerprint density at radius 2 is 2.00 bits per heavy atom. The molecule has 0 amide bonds. The molecule has 0 N–H and O–H groups in total. The fourth-order valence-corrected chi connectivity index (χ4v) is 3.42. The molecule has 3 rings (SSSR count). The zero-order chi connectivity index (χ0) is 19.2. The normalized spacial score (nSPS) is 14.8. The molecule has 2 heterocycles. The van der Waals surface area contributed by atoms with Crippen molar-refractivity contribution in [1.29, 1.82) is 0 Å². The smallest absolute Gasteiger partial charge is 0.306 e. The van der Waals surface area contributed by atoms with Crippen molar-refractivity contribution in [2.75, 3.05) is 18.0 Å². The maximum absolute atomic E-state index is 11.6. The van der Waals surface area contributed by atoms with Gasteiger partial charge in [0.25, 0.3) is 0 Å². The molecular formula is C21H23ClN2O3. The van der Waals surface area contributed by atoms with E-state index in [9.17, 15) is 9.59 Å². The van der Waals surface area contributed by atoms with Gasteiger partial charge in [0.1, 0.15) is 11.9 Å². The molecule has 27 heavy (non-hydrogen) atoms. The Kier molecular flexibility index (Phi) is 6.45. The Labute approximate surface area is 164 Å². The highest BCUT2D eigenvalue weighted by Crippen LogP contribution is 2.27. The monoisotopic (exact) mass is 386 g/mol. The number of piperidine rings is 1. The Morgan fingerprint density at radius 3 is 2.59 bits per heavy atom. The topological polar surface area (TPSA) is 59.5 Å². The van der Waals surface area contributed by atoms with Gasteiger partial charge in [0.05, 0.1) is 5.02 Å². The summed E-state index contributed by atoms with van der Waals surface area (Å²) in [6.45, 7) is 3.61. The molecule has 1 aromatic carbocycles. The van der Waals surface area contributed by atoms with Gasteiger partial charge in [0.2, 0.25) is 0 Å². The van der Waals surface area contributed by atoms with Crippen LogP contribution in [0.15, 0.2) is 36.5 Å². The molecule has 142 valence electrons. The van der Waals surface area contributed by atoms with Crippen molar-refractivity contribution in [1.82, 2.24) is 4.98 Å². The van der Waals surface area contributed by atoms with E-state index in [1.807, 2.05) is 31.3 Å². The Balaban J connectivity index is 1.60. The van der Waals surface area contributed by atoms with Gasteiger partial charge in [-0.15, -0.1) is 0 Å². The number of aromatic nitrogens is 1. The van der Waals surface area contributed by atoms with E-state index < -0.39 is 0 Å². The van der Waals surface area contributed by atoms with Crippen LogP contribution in [0.3, 0.4) is 0 Å². The molecule has 0 radical (unpaired) electrons. The minimum absolute atomic E-state index is 0.0121. The first kappa shape index (κ1) is 19.4. The third-order valence-corrected chi connectivity index (χ3v) is 5.05. The summed E-state index contributed by atoms with van der Waals surface area (Å²) in [4.78, 5) is 29.3. The lowest BCUT2D eigenvalue weighted by Crippen LogP contribution is -2.38. The summed E-state index contributed by atoms with van der Waals surface area (Å²) in [7, 11) is 0. The van der Waals surface area contributed by atoms with Crippen LogP contribution in [0.5, 0.6) is 0 Å². The number of ether oxygens (including phenoxy) is 1. The van der Waals surface area contributed by atoms with Crippen molar-refractivity contribution >= 4 is 29.7 Å². The molecule has 0 aliphatic carbocycles. The fourth-order valence-electron chi connectivity index (χ4n) is 3.20. The molecule has 0 saturated carbocycles. The summed E-state index contributed by atoms with van der Waals surface area (Å²) >= 11 is 6.11. The summed E-state index contributed by atoms with van der Waals surface area (Å²) in [6.07, 6.45) is 5.52. The predicted octanol–water partition coefficient (Wildman–Crippen LogP) is 4.53. The second-order valence-electron chi connectivity index (χ2n) is 6.69. The molecule has 2 aromatic rings. The second kappa shape index (κ2) is 9.00. The Hall–Kier alpha value is -2.40. The van der Waals surface area contributed by atoms with Gasteiger partial charge in [0.15, 0.2) is 6.29 Å². The van der Waals surface area contributed by atoms with Crippen LogP contribution in [0.2, 0.25) is 5.02 Å². The molecule has 6 heteroatoms. The summed E-state index contributed by atoms with van der Waals surface area (Å²) in [5, 5.41) is 0.436. The van der Waals surface area contributed by atoms with Crippen LogP contribution in [-0.4, -0.2) is 36.4 Å². The summed E-state index contributed by atoms with van der Waals surface area (Å²) in [5.74, 6) is 0.811. The number of benzene rings is 1. The minimum Gasteiger partial charge on any atom is -0.462 e. The van der Waals surface area contributed by atoms with Gasteiger partial charge in [-0.1, -0.05) is 24.6 Å². The lowest BCUT2D eigenvalue weighted by atomic mass is 10.1. The Morgan fingerprint density at radius 1 is 1.26 bits per heavy atom. The van der Waals surface area contributed by atoms with E-state index in [-0.39, 0.29) is 12.1 Å². The van der Waals surface area contributed by atoms with E-state index in [4.69, 9.17) is 16.3 Å². The highest BCUT2D eigenvalue weighted by atomic mass is 35.5. The molecule has 1 aliphatic rings. The molecule has 0 unspecified atom stereocenters. The highest BCUT2D eigenvalue weighted by molar-refractivity contribution is 6.33. The van der Waals surface area contributed by atoms with Gasteiger partial charge in [-0.2, -0.15) is 0 Å². The molecule has 0 spiro atoms. The maximum Gasteiger partial charge on any atom is 0.306 e. The SMILES string of the molecule is CCCC(=O)OC1CCN(c2ccc(-c3ccc(C=O)c(Cl)c3)cn2)CC1. The molecule has 1 saturated heterocycles. The number of aldehydes is 1. The number of carbonyl (C=O) groups excluding carboxylic acids is 2. The first-order valence-electron chi connectivity index (χ1n) is 9.26. The molecule has 1 aromatic heterocycles. The third-order valence-electron chi connectivity index (χ3n) is 4.73. The van der Waals surface area contributed by atoms with Gasteiger partial charge in [-0.05, 0) is 36.2 Å². The largest absolute Gasteiger partial charge is 0.462 e. The number of hydrogen-bond donors (Lipinski definition) is 0. The van der Waals surface area contributed by atoms with Crippen LogP contribution in [-0.2, 0) is 9.53 Å². The maximum atomic E-state index is 11.6. The number of rotatable bonds is 6. The number of carbonyl (C=O) groups is 2.